The van der Waals surface area contributed by atoms with Gasteiger partial charge in [0.15, 0.2) is 5.78 Å². The molecule has 1 heterocycles. The number of ketones is 1. The van der Waals surface area contributed by atoms with E-state index < -0.39 is 0 Å². The molecule has 1 aliphatic rings. The van der Waals surface area contributed by atoms with Crippen LogP contribution in [0.15, 0.2) is 12.3 Å². The average molecular weight is 183 g/mol. The van der Waals surface area contributed by atoms with Crippen LogP contribution in [0.25, 0.3) is 0 Å². The van der Waals surface area contributed by atoms with Crippen molar-refractivity contribution in [3.63, 3.8) is 0 Å². The zero-order chi connectivity index (χ0) is 9.84. The summed E-state index contributed by atoms with van der Waals surface area (Å²) in [6.07, 6.45) is 2.52. The lowest BCUT2D eigenvalue weighted by Crippen LogP contribution is -2.17. The number of amides is 1. The van der Waals surface area contributed by atoms with E-state index in [1.54, 1.807) is 0 Å². The van der Waals surface area contributed by atoms with Crippen molar-refractivity contribution in [3.05, 3.63) is 12.3 Å². The van der Waals surface area contributed by atoms with Crippen molar-refractivity contribution in [2.45, 2.75) is 13.8 Å². The van der Waals surface area contributed by atoms with Gasteiger partial charge in [0.05, 0.1) is 6.54 Å². The summed E-state index contributed by atoms with van der Waals surface area (Å²) in [6, 6.07) is 0. The van der Waals surface area contributed by atoms with Crippen LogP contribution >= 0.6 is 0 Å². The van der Waals surface area contributed by atoms with Crippen LogP contribution in [-0.2, 0) is 9.53 Å². The maximum absolute atomic E-state index is 11.1. The monoisotopic (exact) mass is 183 g/mol. The number of cyclic esters (lactones) is 1. The van der Waals surface area contributed by atoms with E-state index in [1.807, 2.05) is 13.8 Å². The third-order valence-corrected chi connectivity index (χ3v) is 1.78. The van der Waals surface area contributed by atoms with Crippen molar-refractivity contribution in [1.29, 1.82) is 0 Å². The van der Waals surface area contributed by atoms with Crippen molar-refractivity contribution in [3.8, 4) is 0 Å². The van der Waals surface area contributed by atoms with Crippen molar-refractivity contribution in [2.24, 2.45) is 5.92 Å². The first-order chi connectivity index (χ1) is 6.11. The Bertz CT molecular complexity index is 245. The zero-order valence-electron chi connectivity index (χ0n) is 7.82. The third-order valence-electron chi connectivity index (χ3n) is 1.78. The molecule has 4 heteroatoms. The molecule has 72 valence electrons. The number of rotatable bonds is 3. The van der Waals surface area contributed by atoms with Crippen LogP contribution in [0.5, 0.6) is 0 Å². The maximum Gasteiger partial charge on any atom is 0.413 e. The fraction of sp³-hybridized carbons (Fsp3) is 0.556. The number of carbonyl (C=O) groups is 2. The molecule has 4 nitrogen and oxygen atoms in total. The van der Waals surface area contributed by atoms with E-state index in [0.717, 1.165) is 0 Å². The molecule has 0 aliphatic carbocycles. The van der Waals surface area contributed by atoms with Crippen molar-refractivity contribution >= 4 is 11.9 Å². The van der Waals surface area contributed by atoms with E-state index in [4.69, 9.17) is 0 Å². The van der Waals surface area contributed by atoms with E-state index >= 15 is 0 Å². The minimum absolute atomic E-state index is 0.0136. The van der Waals surface area contributed by atoms with Crippen LogP contribution in [0.3, 0.4) is 0 Å². The molecular formula is C9H13NO3. The van der Waals surface area contributed by atoms with Gasteiger partial charge in [-0.15, -0.1) is 0 Å². The molecule has 0 N–H and O–H groups in total. The van der Waals surface area contributed by atoms with E-state index in [0.29, 0.717) is 13.2 Å². The molecule has 0 aromatic rings. The van der Waals surface area contributed by atoms with Gasteiger partial charge in [0, 0.05) is 12.1 Å². The fourth-order valence-corrected chi connectivity index (χ4v) is 0.897. The zero-order valence-corrected chi connectivity index (χ0v) is 7.82. The summed E-state index contributed by atoms with van der Waals surface area (Å²) in [6.45, 7) is 4.56. The number of nitrogens with zero attached hydrogens (tertiary/aromatic N) is 1. The van der Waals surface area contributed by atoms with E-state index in [2.05, 4.69) is 4.74 Å². The summed E-state index contributed by atoms with van der Waals surface area (Å²) < 4.78 is 4.68. The number of carbonyl (C=O) groups excluding carboxylic acids is 2. The first-order valence-electron chi connectivity index (χ1n) is 4.26. The summed E-state index contributed by atoms with van der Waals surface area (Å²) in [5.41, 5.74) is 0. The summed E-state index contributed by atoms with van der Waals surface area (Å²) in [5, 5.41) is 0. The van der Waals surface area contributed by atoms with Gasteiger partial charge < -0.3 is 4.74 Å². The first-order valence-corrected chi connectivity index (χ1v) is 4.26. The highest BCUT2D eigenvalue weighted by Crippen LogP contribution is 2.04. The number of hydrogen-bond donors (Lipinski definition) is 0. The lowest BCUT2D eigenvalue weighted by Gasteiger charge is -2.04. The molecular weight excluding hydrogens is 170 g/mol. The highest BCUT2D eigenvalue weighted by Gasteiger charge is 2.19. The van der Waals surface area contributed by atoms with Gasteiger partial charge in [0.2, 0.25) is 0 Å². The molecule has 1 rings (SSSR count). The topological polar surface area (TPSA) is 46.6 Å². The number of allylic oxidation sites excluding steroid dienone is 1. The van der Waals surface area contributed by atoms with Gasteiger partial charge in [-0.3, -0.25) is 9.69 Å². The molecule has 1 saturated heterocycles. The largest absolute Gasteiger partial charge is 0.447 e. The lowest BCUT2D eigenvalue weighted by atomic mass is 10.1. The molecule has 1 amide bonds. The Labute approximate surface area is 77.2 Å². The molecule has 0 spiro atoms. The normalized spacial score (nSPS) is 17.2. The maximum atomic E-state index is 11.1. The lowest BCUT2D eigenvalue weighted by molar-refractivity contribution is -0.117. The molecule has 0 saturated carbocycles. The minimum Gasteiger partial charge on any atom is -0.447 e. The fourth-order valence-electron chi connectivity index (χ4n) is 0.897. The van der Waals surface area contributed by atoms with Gasteiger partial charge in [-0.05, 0) is 6.08 Å². The molecule has 0 unspecified atom stereocenters. The molecule has 1 fully saturated rings. The second-order valence-electron chi connectivity index (χ2n) is 3.18. The Morgan fingerprint density at radius 3 is 2.77 bits per heavy atom. The van der Waals surface area contributed by atoms with Crippen molar-refractivity contribution in [2.75, 3.05) is 13.2 Å². The van der Waals surface area contributed by atoms with E-state index in [9.17, 15) is 9.59 Å². The van der Waals surface area contributed by atoms with Crippen LogP contribution in [0, 0.1) is 5.92 Å². The predicted octanol–water partition coefficient (Wildman–Crippen LogP) is 1.18. The Hall–Kier alpha value is -1.32. The summed E-state index contributed by atoms with van der Waals surface area (Å²) in [4.78, 5) is 23.4. The predicted molar refractivity (Wildman–Crippen MR) is 47.0 cm³/mol. The van der Waals surface area contributed by atoms with Crippen LogP contribution < -0.4 is 0 Å². The molecule has 0 aromatic heterocycles. The molecule has 1 aliphatic heterocycles. The highest BCUT2D eigenvalue weighted by atomic mass is 16.6. The third kappa shape index (κ3) is 2.57. The Balaban J connectivity index is 2.48. The van der Waals surface area contributed by atoms with Crippen molar-refractivity contribution in [1.82, 2.24) is 4.90 Å². The minimum atomic E-state index is -0.382. The van der Waals surface area contributed by atoms with E-state index in [1.165, 1.54) is 17.2 Å². The number of hydrogen-bond acceptors (Lipinski definition) is 3. The van der Waals surface area contributed by atoms with Crippen LogP contribution in [0.1, 0.15) is 13.8 Å². The SMILES string of the molecule is CC(C)C(=O)/C=C/N1CCOC1=O. The van der Waals surface area contributed by atoms with Crippen molar-refractivity contribution < 1.29 is 14.3 Å². The smallest absolute Gasteiger partial charge is 0.413 e. The Morgan fingerprint density at radius 2 is 2.31 bits per heavy atom. The van der Waals surface area contributed by atoms with Crippen LogP contribution in [-0.4, -0.2) is 29.9 Å². The molecule has 13 heavy (non-hydrogen) atoms. The summed E-state index contributed by atoms with van der Waals surface area (Å²) in [5.74, 6) is -0.0189. The molecule has 0 aromatic carbocycles. The van der Waals surface area contributed by atoms with Gasteiger partial charge in [-0.1, -0.05) is 13.8 Å². The van der Waals surface area contributed by atoms with Crippen LogP contribution in [0.2, 0.25) is 0 Å². The van der Waals surface area contributed by atoms with Crippen LogP contribution in [0.4, 0.5) is 4.79 Å². The summed E-state index contributed by atoms with van der Waals surface area (Å²) >= 11 is 0. The highest BCUT2D eigenvalue weighted by molar-refractivity contribution is 5.91. The quantitative estimate of drug-likeness (QED) is 0.617. The summed E-state index contributed by atoms with van der Waals surface area (Å²) in [7, 11) is 0. The van der Waals surface area contributed by atoms with Gasteiger partial charge in [-0.2, -0.15) is 0 Å². The second kappa shape index (κ2) is 4.07. The van der Waals surface area contributed by atoms with Gasteiger partial charge in [0.1, 0.15) is 6.61 Å². The van der Waals surface area contributed by atoms with Gasteiger partial charge >= 0.3 is 6.09 Å². The van der Waals surface area contributed by atoms with Gasteiger partial charge in [-0.25, -0.2) is 4.79 Å². The Kier molecular flexibility index (Phi) is 3.06. The average Bonchev–Trinajstić information content (AvgIpc) is 2.47. The second-order valence-corrected chi connectivity index (χ2v) is 3.18. The molecule has 0 bridgehead atoms. The van der Waals surface area contributed by atoms with E-state index in [-0.39, 0.29) is 17.8 Å². The first kappa shape index (κ1) is 9.77. The van der Waals surface area contributed by atoms with Gasteiger partial charge in [0.25, 0.3) is 0 Å². The molecule has 0 atom stereocenters. The Morgan fingerprint density at radius 1 is 1.62 bits per heavy atom. The number of ether oxygens (including phenoxy) is 1. The molecule has 0 radical (unpaired) electrons. The standard InChI is InChI=1S/C9H13NO3/c1-7(2)8(11)3-4-10-5-6-13-9(10)12/h3-4,7H,5-6H2,1-2H3/b4-3+.